The van der Waals surface area contributed by atoms with Crippen LogP contribution in [0.4, 0.5) is 0 Å². The molecule has 1 aromatic heterocycles. The minimum Gasteiger partial charge on any atom is -0.354 e. The Morgan fingerprint density at radius 2 is 1.82 bits per heavy atom. The molecule has 6 heteroatoms. The number of nitrogens with zero attached hydrogens (tertiary/aromatic N) is 1. The maximum absolute atomic E-state index is 13.4. The number of ketones is 1. The van der Waals surface area contributed by atoms with Crippen molar-refractivity contribution in [3.8, 4) is 11.3 Å². The standard InChI is InChI=1S/C22H24N2O3S/c1-2-24(17-12-13-28(26,27)15-17)14-20(25)21-18-10-6-7-11-19(18)23-22(21)16-8-4-3-5-9-16/h3-11,17,23H,2,12-15H2,1H3. The summed E-state index contributed by atoms with van der Waals surface area (Å²) < 4.78 is 23.7. The summed E-state index contributed by atoms with van der Waals surface area (Å²) in [5, 5.41) is 0.904. The summed E-state index contributed by atoms with van der Waals surface area (Å²) in [5.41, 5.74) is 3.40. The monoisotopic (exact) mass is 396 g/mol. The maximum atomic E-state index is 13.4. The van der Waals surface area contributed by atoms with Gasteiger partial charge in [-0.3, -0.25) is 9.69 Å². The van der Waals surface area contributed by atoms with E-state index in [0.717, 1.165) is 22.2 Å². The number of H-pyrrole nitrogens is 1. The molecule has 2 aromatic carbocycles. The third-order valence-corrected chi connectivity index (χ3v) is 7.28. The van der Waals surface area contributed by atoms with Crippen LogP contribution in [0.3, 0.4) is 0 Å². The Bertz CT molecular complexity index is 1100. The van der Waals surface area contributed by atoms with E-state index >= 15 is 0 Å². The Morgan fingerprint density at radius 3 is 2.50 bits per heavy atom. The summed E-state index contributed by atoms with van der Waals surface area (Å²) in [6.07, 6.45) is 0.600. The molecular formula is C22H24N2O3S. The largest absolute Gasteiger partial charge is 0.354 e. The highest BCUT2D eigenvalue weighted by atomic mass is 32.2. The predicted octanol–water partition coefficient (Wildman–Crippen LogP) is 3.53. The van der Waals surface area contributed by atoms with Gasteiger partial charge in [-0.1, -0.05) is 55.5 Å². The van der Waals surface area contributed by atoms with E-state index in [0.29, 0.717) is 18.5 Å². The zero-order valence-corrected chi connectivity index (χ0v) is 16.7. The molecule has 0 bridgehead atoms. The van der Waals surface area contributed by atoms with Gasteiger partial charge in [-0.2, -0.15) is 0 Å². The number of likely N-dealkylation sites (N-methyl/N-ethyl adjacent to an activating group) is 1. The number of aromatic amines is 1. The van der Waals surface area contributed by atoms with Gasteiger partial charge in [0.05, 0.1) is 29.3 Å². The zero-order chi connectivity index (χ0) is 19.7. The van der Waals surface area contributed by atoms with E-state index in [1.54, 1.807) is 0 Å². The lowest BCUT2D eigenvalue weighted by Crippen LogP contribution is -2.39. The molecule has 0 amide bonds. The second kappa shape index (κ2) is 7.53. The van der Waals surface area contributed by atoms with Crippen LogP contribution in [0, 0.1) is 0 Å². The Hall–Kier alpha value is -2.44. The lowest BCUT2D eigenvalue weighted by atomic mass is 10.0. The van der Waals surface area contributed by atoms with Gasteiger partial charge in [-0.15, -0.1) is 0 Å². The summed E-state index contributed by atoms with van der Waals surface area (Å²) in [7, 11) is -2.99. The van der Waals surface area contributed by atoms with Crippen LogP contribution in [0.5, 0.6) is 0 Å². The molecule has 0 saturated carbocycles. The van der Waals surface area contributed by atoms with Gasteiger partial charge in [0.1, 0.15) is 0 Å². The highest BCUT2D eigenvalue weighted by Crippen LogP contribution is 2.31. The fourth-order valence-electron chi connectivity index (χ4n) is 4.08. The van der Waals surface area contributed by atoms with Crippen molar-refractivity contribution in [3.63, 3.8) is 0 Å². The van der Waals surface area contributed by atoms with E-state index in [1.165, 1.54) is 0 Å². The average molecular weight is 397 g/mol. The fourth-order valence-corrected chi connectivity index (χ4v) is 5.84. The number of nitrogens with one attached hydrogen (secondary N) is 1. The highest BCUT2D eigenvalue weighted by Gasteiger charge is 2.33. The number of benzene rings is 2. The highest BCUT2D eigenvalue weighted by molar-refractivity contribution is 7.91. The number of rotatable bonds is 6. The third-order valence-electron chi connectivity index (χ3n) is 5.53. The lowest BCUT2D eigenvalue weighted by Gasteiger charge is -2.25. The molecule has 1 N–H and O–H groups in total. The Morgan fingerprint density at radius 1 is 1.11 bits per heavy atom. The molecule has 1 unspecified atom stereocenters. The van der Waals surface area contributed by atoms with Crippen LogP contribution in [-0.4, -0.2) is 54.7 Å². The molecule has 3 aromatic rings. The summed E-state index contributed by atoms with van der Waals surface area (Å²) in [4.78, 5) is 18.8. The van der Waals surface area contributed by atoms with Crippen LogP contribution in [-0.2, 0) is 9.84 Å². The molecule has 1 fully saturated rings. The fraction of sp³-hybridized carbons (Fsp3) is 0.318. The normalized spacial score (nSPS) is 18.7. The molecule has 1 atom stereocenters. The first-order valence-corrected chi connectivity index (χ1v) is 11.4. The van der Waals surface area contributed by atoms with Gasteiger partial charge in [-0.25, -0.2) is 8.42 Å². The van der Waals surface area contributed by atoms with Gasteiger partial charge in [0, 0.05) is 16.9 Å². The van der Waals surface area contributed by atoms with E-state index in [-0.39, 0.29) is 29.9 Å². The van der Waals surface area contributed by atoms with E-state index in [9.17, 15) is 13.2 Å². The predicted molar refractivity (Wildman–Crippen MR) is 112 cm³/mol. The van der Waals surface area contributed by atoms with Crippen LogP contribution in [0.2, 0.25) is 0 Å². The minimum absolute atomic E-state index is 0.0162. The maximum Gasteiger partial charge on any atom is 0.179 e. The van der Waals surface area contributed by atoms with E-state index in [4.69, 9.17) is 0 Å². The first kappa shape index (κ1) is 18.9. The van der Waals surface area contributed by atoms with Crippen molar-refractivity contribution in [1.82, 2.24) is 9.88 Å². The van der Waals surface area contributed by atoms with E-state index in [2.05, 4.69) is 4.98 Å². The van der Waals surface area contributed by atoms with Crippen molar-refractivity contribution in [3.05, 3.63) is 60.2 Å². The van der Waals surface area contributed by atoms with Crippen LogP contribution < -0.4 is 0 Å². The number of hydrogen-bond donors (Lipinski definition) is 1. The van der Waals surface area contributed by atoms with Crippen molar-refractivity contribution in [2.75, 3.05) is 24.6 Å². The number of carbonyl (C=O) groups excluding carboxylic acids is 1. The van der Waals surface area contributed by atoms with Crippen LogP contribution in [0.1, 0.15) is 23.7 Å². The summed E-state index contributed by atoms with van der Waals surface area (Å²) >= 11 is 0. The molecule has 0 spiro atoms. The number of fused-ring (bicyclic) bond motifs is 1. The Labute approximate surface area is 165 Å². The van der Waals surface area contributed by atoms with Crippen LogP contribution >= 0.6 is 0 Å². The SMILES string of the molecule is CCN(CC(=O)c1c(-c2ccccc2)[nH]c2ccccc12)C1CCS(=O)(=O)C1. The van der Waals surface area contributed by atoms with Gasteiger partial charge in [0.15, 0.2) is 15.6 Å². The number of para-hydroxylation sites is 1. The number of aromatic nitrogens is 1. The quantitative estimate of drug-likeness (QED) is 0.647. The van der Waals surface area contributed by atoms with Crippen LogP contribution in [0.15, 0.2) is 54.6 Å². The van der Waals surface area contributed by atoms with Crippen molar-refractivity contribution in [1.29, 1.82) is 0 Å². The smallest absolute Gasteiger partial charge is 0.179 e. The summed E-state index contributed by atoms with van der Waals surface area (Å²) in [6, 6.07) is 17.6. The van der Waals surface area contributed by atoms with E-state index in [1.807, 2.05) is 66.4 Å². The van der Waals surface area contributed by atoms with E-state index < -0.39 is 9.84 Å². The van der Waals surface area contributed by atoms with Crippen molar-refractivity contribution >= 4 is 26.5 Å². The number of Topliss-reactive ketones (excluding diaryl/α,β-unsaturated/α-hetero) is 1. The zero-order valence-electron chi connectivity index (χ0n) is 15.9. The molecule has 0 radical (unpaired) electrons. The molecular weight excluding hydrogens is 372 g/mol. The lowest BCUT2D eigenvalue weighted by molar-refractivity contribution is 0.0909. The molecule has 5 nitrogen and oxygen atoms in total. The average Bonchev–Trinajstić information content (AvgIpc) is 3.26. The van der Waals surface area contributed by atoms with Crippen molar-refractivity contribution < 1.29 is 13.2 Å². The molecule has 146 valence electrons. The number of sulfone groups is 1. The second-order valence-corrected chi connectivity index (χ2v) is 9.56. The third kappa shape index (κ3) is 3.62. The molecule has 28 heavy (non-hydrogen) atoms. The summed E-state index contributed by atoms with van der Waals surface area (Å²) in [5.74, 6) is 0.376. The first-order chi connectivity index (χ1) is 13.5. The first-order valence-electron chi connectivity index (χ1n) is 9.62. The van der Waals surface area contributed by atoms with Crippen molar-refractivity contribution in [2.24, 2.45) is 0 Å². The Balaban J connectivity index is 1.70. The van der Waals surface area contributed by atoms with Gasteiger partial charge in [0.2, 0.25) is 0 Å². The minimum atomic E-state index is -2.99. The molecule has 1 saturated heterocycles. The van der Waals surface area contributed by atoms with Gasteiger partial charge in [-0.05, 0) is 24.6 Å². The number of hydrogen-bond acceptors (Lipinski definition) is 4. The molecule has 4 rings (SSSR count). The van der Waals surface area contributed by atoms with Crippen LogP contribution in [0.25, 0.3) is 22.2 Å². The second-order valence-electron chi connectivity index (χ2n) is 7.33. The molecule has 1 aliphatic heterocycles. The Kier molecular flexibility index (Phi) is 5.08. The van der Waals surface area contributed by atoms with Gasteiger partial charge < -0.3 is 4.98 Å². The van der Waals surface area contributed by atoms with Gasteiger partial charge in [0.25, 0.3) is 0 Å². The number of carbonyl (C=O) groups is 1. The van der Waals surface area contributed by atoms with Crippen molar-refractivity contribution in [2.45, 2.75) is 19.4 Å². The molecule has 0 aliphatic carbocycles. The molecule has 2 heterocycles. The topological polar surface area (TPSA) is 70.2 Å². The van der Waals surface area contributed by atoms with Gasteiger partial charge >= 0.3 is 0 Å². The molecule has 1 aliphatic rings. The summed E-state index contributed by atoms with van der Waals surface area (Å²) in [6.45, 7) is 2.85.